The minimum atomic E-state index is -4.47. The number of nitrogens with zero attached hydrogens (tertiary/aromatic N) is 3. The number of rotatable bonds is 8. The summed E-state index contributed by atoms with van der Waals surface area (Å²) in [6, 6.07) is 6.59. The first-order valence-electron chi connectivity index (χ1n) is 9.03. The molecule has 2 heterocycles. The summed E-state index contributed by atoms with van der Waals surface area (Å²) in [5.74, 6) is 0.236. The lowest BCUT2D eigenvalue weighted by atomic mass is 10.2. The number of nitrogens with one attached hydrogen (secondary N) is 1. The Bertz CT molecular complexity index is 1040. The number of alkyl halides is 3. The average molecular weight is 453 g/mol. The smallest absolute Gasteiger partial charge is 0.325 e. The Labute approximate surface area is 180 Å². The quantitative estimate of drug-likeness (QED) is 0.362. The van der Waals surface area contributed by atoms with Gasteiger partial charge in [0, 0.05) is 28.1 Å². The molecule has 0 fully saturated rings. The summed E-state index contributed by atoms with van der Waals surface area (Å²) in [5.41, 5.74) is 0.228. The second-order valence-corrected chi connectivity index (χ2v) is 8.21. The first kappa shape index (κ1) is 22.1. The van der Waals surface area contributed by atoms with Gasteiger partial charge < -0.3 is 5.32 Å². The summed E-state index contributed by atoms with van der Waals surface area (Å²) in [7, 11) is 0. The van der Waals surface area contributed by atoms with Crippen LogP contribution in [0.3, 0.4) is 0 Å². The molecule has 0 unspecified atom stereocenters. The maximum Gasteiger partial charge on any atom is 0.416 e. The lowest BCUT2D eigenvalue weighted by Gasteiger charge is -2.10. The minimum absolute atomic E-state index is 0.0185. The molecule has 5 nitrogen and oxygen atoms in total. The maximum atomic E-state index is 12.8. The molecule has 0 spiro atoms. The Morgan fingerprint density at radius 1 is 1.33 bits per heavy atom. The number of hydrogen-bond acceptors (Lipinski definition) is 5. The first-order chi connectivity index (χ1) is 14.3. The topological polar surface area (TPSA) is 59.8 Å². The predicted molar refractivity (Wildman–Crippen MR) is 114 cm³/mol. The van der Waals surface area contributed by atoms with E-state index in [0.717, 1.165) is 35.9 Å². The van der Waals surface area contributed by atoms with Gasteiger partial charge in [0.15, 0.2) is 11.0 Å². The van der Waals surface area contributed by atoms with E-state index in [-0.39, 0.29) is 11.4 Å². The first-order valence-corrected chi connectivity index (χ1v) is 10.9. The summed E-state index contributed by atoms with van der Waals surface area (Å²) in [6.45, 7) is 6.30. The van der Waals surface area contributed by atoms with Crippen molar-refractivity contribution < 1.29 is 18.0 Å². The van der Waals surface area contributed by atoms with Crippen LogP contribution >= 0.6 is 23.1 Å². The number of hydrogen-bond donors (Lipinski definition) is 1. The van der Waals surface area contributed by atoms with Crippen LogP contribution in [0.15, 0.2) is 53.5 Å². The van der Waals surface area contributed by atoms with Crippen molar-refractivity contribution in [3.05, 3.63) is 58.8 Å². The van der Waals surface area contributed by atoms with Crippen molar-refractivity contribution >= 4 is 34.7 Å². The third-order valence-corrected chi connectivity index (χ3v) is 6.14. The van der Waals surface area contributed by atoms with Crippen LogP contribution in [-0.2, 0) is 23.9 Å². The fraction of sp³-hybridized carbons (Fsp3) is 0.250. The minimum Gasteiger partial charge on any atom is -0.325 e. The van der Waals surface area contributed by atoms with Gasteiger partial charge in [-0.05, 0) is 30.7 Å². The van der Waals surface area contributed by atoms with Crippen molar-refractivity contribution in [2.45, 2.75) is 31.2 Å². The van der Waals surface area contributed by atoms with Gasteiger partial charge in [0.25, 0.3) is 0 Å². The molecule has 0 aliphatic heterocycles. The highest BCUT2D eigenvalue weighted by molar-refractivity contribution is 7.99. The van der Waals surface area contributed by atoms with E-state index in [0.29, 0.717) is 17.5 Å². The van der Waals surface area contributed by atoms with Gasteiger partial charge in [0.1, 0.15) is 0 Å². The molecule has 0 bridgehead atoms. The number of amides is 1. The average Bonchev–Trinajstić information content (AvgIpc) is 3.33. The number of aryl methyl sites for hydroxylation is 1. The van der Waals surface area contributed by atoms with Gasteiger partial charge in [-0.3, -0.25) is 9.36 Å². The van der Waals surface area contributed by atoms with Gasteiger partial charge in [0.2, 0.25) is 5.91 Å². The molecule has 30 heavy (non-hydrogen) atoms. The number of aromatic nitrogens is 3. The van der Waals surface area contributed by atoms with Gasteiger partial charge >= 0.3 is 6.18 Å². The van der Waals surface area contributed by atoms with Crippen molar-refractivity contribution in [2.24, 2.45) is 0 Å². The number of allylic oxidation sites excluding steroid dienone is 1. The Morgan fingerprint density at radius 2 is 2.13 bits per heavy atom. The molecule has 0 saturated carbocycles. The molecule has 3 rings (SSSR count). The summed E-state index contributed by atoms with van der Waals surface area (Å²) in [5, 5.41) is 13.5. The van der Waals surface area contributed by atoms with E-state index >= 15 is 0 Å². The van der Waals surface area contributed by atoms with Gasteiger partial charge in [-0.25, -0.2) is 0 Å². The third-order valence-electron chi connectivity index (χ3n) is 4.09. The summed E-state index contributed by atoms with van der Waals surface area (Å²) in [4.78, 5) is 13.5. The van der Waals surface area contributed by atoms with Gasteiger partial charge in [-0.2, -0.15) is 13.2 Å². The molecule has 0 saturated heterocycles. The highest BCUT2D eigenvalue weighted by Crippen LogP contribution is 2.31. The van der Waals surface area contributed by atoms with E-state index in [1.165, 1.54) is 17.0 Å². The summed E-state index contributed by atoms with van der Waals surface area (Å²) in [6.07, 6.45) is -1.82. The number of halogens is 3. The van der Waals surface area contributed by atoms with Crippen molar-refractivity contribution in [1.29, 1.82) is 0 Å². The molecule has 2 aromatic heterocycles. The number of carbonyl (C=O) groups is 1. The zero-order valence-corrected chi connectivity index (χ0v) is 17.7. The van der Waals surface area contributed by atoms with E-state index < -0.39 is 17.6 Å². The maximum absolute atomic E-state index is 12.8. The Kier molecular flexibility index (Phi) is 6.99. The van der Waals surface area contributed by atoms with E-state index in [1.54, 1.807) is 17.4 Å². The fourth-order valence-electron chi connectivity index (χ4n) is 2.69. The predicted octanol–water partition coefficient (Wildman–Crippen LogP) is 5.50. The second-order valence-electron chi connectivity index (χ2n) is 6.28. The largest absolute Gasteiger partial charge is 0.416 e. The van der Waals surface area contributed by atoms with Gasteiger partial charge in [-0.1, -0.05) is 30.8 Å². The molecule has 1 N–H and O–H groups in total. The van der Waals surface area contributed by atoms with Crippen molar-refractivity contribution in [2.75, 3.05) is 11.1 Å². The van der Waals surface area contributed by atoms with Crippen LogP contribution < -0.4 is 5.32 Å². The zero-order chi connectivity index (χ0) is 21.7. The van der Waals surface area contributed by atoms with Crippen LogP contribution in [0.2, 0.25) is 0 Å². The standard InChI is InChI=1S/C20H19F3N4OS2/c1-3-8-27-18(13-9-16(4-2)29-11-13)25-26-19(27)30-12-17(28)24-15-7-5-6-14(10-15)20(21,22)23/h3,5-7,9-11H,1,4,8,12H2,2H3,(H,24,28). The lowest BCUT2D eigenvalue weighted by Crippen LogP contribution is -2.15. The van der Waals surface area contributed by atoms with Crippen molar-refractivity contribution in [3.63, 3.8) is 0 Å². The highest BCUT2D eigenvalue weighted by Gasteiger charge is 2.30. The SMILES string of the molecule is C=CCn1c(SCC(=O)Nc2cccc(C(F)(F)F)c2)nnc1-c1csc(CC)c1. The zero-order valence-electron chi connectivity index (χ0n) is 16.1. The van der Waals surface area contributed by atoms with Crippen LogP contribution in [0.1, 0.15) is 17.4 Å². The molecular formula is C20H19F3N4OS2. The van der Waals surface area contributed by atoms with E-state index in [1.807, 2.05) is 9.95 Å². The number of benzene rings is 1. The summed E-state index contributed by atoms with van der Waals surface area (Å²) < 4.78 is 40.3. The van der Waals surface area contributed by atoms with Crippen LogP contribution in [0.5, 0.6) is 0 Å². The fourth-order valence-corrected chi connectivity index (χ4v) is 4.25. The van der Waals surface area contributed by atoms with Crippen LogP contribution in [-0.4, -0.2) is 26.4 Å². The lowest BCUT2D eigenvalue weighted by molar-refractivity contribution is -0.137. The van der Waals surface area contributed by atoms with Crippen molar-refractivity contribution in [1.82, 2.24) is 14.8 Å². The molecule has 3 aromatic rings. The number of thioether (sulfide) groups is 1. The molecule has 0 radical (unpaired) electrons. The van der Waals surface area contributed by atoms with Crippen LogP contribution in [0, 0.1) is 0 Å². The Balaban J connectivity index is 1.69. The summed E-state index contributed by atoms with van der Waals surface area (Å²) >= 11 is 2.81. The molecule has 1 aromatic carbocycles. The van der Waals surface area contributed by atoms with Gasteiger partial charge in [0.05, 0.1) is 11.3 Å². The molecule has 1 amide bonds. The molecule has 0 aliphatic carbocycles. The molecule has 158 valence electrons. The Hall–Kier alpha value is -2.59. The number of thiophene rings is 1. The second kappa shape index (κ2) is 9.48. The normalized spacial score (nSPS) is 11.5. The van der Waals surface area contributed by atoms with Gasteiger partial charge in [-0.15, -0.1) is 28.1 Å². The molecule has 0 atom stereocenters. The number of carbonyl (C=O) groups excluding carboxylic acids is 1. The van der Waals surface area contributed by atoms with E-state index in [9.17, 15) is 18.0 Å². The van der Waals surface area contributed by atoms with Crippen LogP contribution in [0.25, 0.3) is 11.4 Å². The highest BCUT2D eigenvalue weighted by atomic mass is 32.2. The monoisotopic (exact) mass is 452 g/mol. The van der Waals surface area contributed by atoms with E-state index in [4.69, 9.17) is 0 Å². The van der Waals surface area contributed by atoms with E-state index in [2.05, 4.69) is 35.1 Å². The van der Waals surface area contributed by atoms with Crippen molar-refractivity contribution in [3.8, 4) is 11.4 Å². The van der Waals surface area contributed by atoms with Crippen LogP contribution in [0.4, 0.5) is 18.9 Å². The molecule has 10 heteroatoms. The molecule has 0 aliphatic rings. The molecular weight excluding hydrogens is 433 g/mol. The number of anilines is 1. The third kappa shape index (κ3) is 5.31. The Morgan fingerprint density at radius 3 is 2.80 bits per heavy atom.